The number of carbonyl (C=O) groups is 1. The molecule has 2 fully saturated rings. The Morgan fingerprint density at radius 1 is 1.52 bits per heavy atom. The summed E-state index contributed by atoms with van der Waals surface area (Å²) < 4.78 is 11.3. The van der Waals surface area contributed by atoms with Gasteiger partial charge in [-0.15, -0.1) is 6.42 Å². The molecule has 2 aliphatic rings. The quantitative estimate of drug-likeness (QED) is 0.762. The Kier molecular flexibility index (Phi) is 4.65. The van der Waals surface area contributed by atoms with Crippen LogP contribution >= 0.6 is 0 Å². The SMILES string of the molecule is C#Cc1cnc(O[C@@H]2CN[C@H](C(=O)O)C2)c(N2CCOCC2)c1. The molecule has 0 radical (unpaired) electrons. The third-order valence-corrected chi connectivity index (χ3v) is 4.02. The number of terminal acetylenes is 1. The summed E-state index contributed by atoms with van der Waals surface area (Å²) in [6.45, 7) is 3.26. The van der Waals surface area contributed by atoms with E-state index in [-0.39, 0.29) is 6.10 Å². The summed E-state index contributed by atoms with van der Waals surface area (Å²) in [5.74, 6) is 2.21. The third-order valence-electron chi connectivity index (χ3n) is 4.02. The highest BCUT2D eigenvalue weighted by molar-refractivity contribution is 5.74. The highest BCUT2D eigenvalue weighted by Crippen LogP contribution is 2.29. The molecule has 3 rings (SSSR count). The number of rotatable bonds is 4. The minimum Gasteiger partial charge on any atom is -0.480 e. The molecule has 122 valence electrons. The van der Waals surface area contributed by atoms with E-state index in [9.17, 15) is 4.79 Å². The fourth-order valence-electron chi connectivity index (χ4n) is 2.78. The molecule has 0 saturated carbocycles. The normalized spacial score (nSPS) is 24.2. The summed E-state index contributed by atoms with van der Waals surface area (Å²) >= 11 is 0. The van der Waals surface area contributed by atoms with Crippen LogP contribution in [0.2, 0.25) is 0 Å². The maximum absolute atomic E-state index is 11.0. The summed E-state index contributed by atoms with van der Waals surface area (Å²) in [5, 5.41) is 12.0. The summed E-state index contributed by atoms with van der Waals surface area (Å²) in [5.41, 5.74) is 1.52. The van der Waals surface area contributed by atoms with Crippen LogP contribution in [0.25, 0.3) is 0 Å². The molecule has 7 heteroatoms. The average Bonchev–Trinajstić information content (AvgIpc) is 3.05. The van der Waals surface area contributed by atoms with Gasteiger partial charge in [-0.3, -0.25) is 4.79 Å². The van der Waals surface area contributed by atoms with E-state index in [2.05, 4.69) is 21.1 Å². The maximum Gasteiger partial charge on any atom is 0.320 e. The molecular formula is C16H19N3O4. The molecule has 0 aliphatic carbocycles. The summed E-state index contributed by atoms with van der Waals surface area (Å²) in [6, 6.07) is 1.31. The van der Waals surface area contributed by atoms with Crippen LogP contribution in [0.4, 0.5) is 5.69 Å². The van der Waals surface area contributed by atoms with E-state index < -0.39 is 12.0 Å². The molecule has 0 aromatic carbocycles. The van der Waals surface area contributed by atoms with Crippen LogP contribution < -0.4 is 15.0 Å². The van der Waals surface area contributed by atoms with Crippen LogP contribution in [0, 0.1) is 12.3 Å². The van der Waals surface area contributed by atoms with Crippen molar-refractivity contribution in [2.75, 3.05) is 37.7 Å². The Labute approximate surface area is 134 Å². The van der Waals surface area contributed by atoms with Gasteiger partial charge < -0.3 is 24.8 Å². The van der Waals surface area contributed by atoms with E-state index in [0.717, 1.165) is 18.8 Å². The number of aliphatic carboxylic acids is 1. The van der Waals surface area contributed by atoms with Crippen molar-refractivity contribution in [3.05, 3.63) is 17.8 Å². The molecule has 2 N–H and O–H groups in total. The number of hydrogen-bond acceptors (Lipinski definition) is 6. The molecule has 3 heterocycles. The number of aromatic nitrogens is 1. The summed E-state index contributed by atoms with van der Waals surface area (Å²) in [4.78, 5) is 17.5. The topological polar surface area (TPSA) is 83.9 Å². The van der Waals surface area contributed by atoms with Crippen molar-refractivity contribution in [3.8, 4) is 18.2 Å². The summed E-state index contributed by atoms with van der Waals surface area (Å²) in [6.07, 6.45) is 7.25. The van der Waals surface area contributed by atoms with Gasteiger partial charge in [0.1, 0.15) is 17.8 Å². The Morgan fingerprint density at radius 3 is 2.96 bits per heavy atom. The molecule has 0 amide bonds. The van der Waals surface area contributed by atoms with Crippen molar-refractivity contribution in [1.82, 2.24) is 10.3 Å². The standard InChI is InChI=1S/C16H19N3O4/c1-2-11-7-14(19-3-5-22-6-4-19)15(18-9-11)23-12-8-13(16(20)21)17-10-12/h1,7,9,12-13,17H,3-6,8,10H2,(H,20,21)/t12-,13-/m0/s1. The number of carboxylic acid groups (broad SMARTS) is 1. The number of pyridine rings is 1. The number of anilines is 1. The van der Waals surface area contributed by atoms with Crippen LogP contribution in [0.5, 0.6) is 5.88 Å². The van der Waals surface area contributed by atoms with Crippen LogP contribution in [0.3, 0.4) is 0 Å². The van der Waals surface area contributed by atoms with Crippen molar-refractivity contribution < 1.29 is 19.4 Å². The number of nitrogens with zero attached hydrogens (tertiary/aromatic N) is 2. The number of hydrogen-bond donors (Lipinski definition) is 2. The molecule has 2 saturated heterocycles. The monoisotopic (exact) mass is 317 g/mol. The van der Waals surface area contributed by atoms with Gasteiger partial charge in [0.05, 0.1) is 13.2 Å². The highest BCUT2D eigenvalue weighted by Gasteiger charge is 2.31. The first-order chi connectivity index (χ1) is 11.2. The molecule has 0 bridgehead atoms. The Hall–Kier alpha value is -2.30. The third kappa shape index (κ3) is 3.55. The van der Waals surface area contributed by atoms with Crippen molar-refractivity contribution >= 4 is 11.7 Å². The van der Waals surface area contributed by atoms with Crippen LogP contribution in [0.1, 0.15) is 12.0 Å². The van der Waals surface area contributed by atoms with Gasteiger partial charge in [-0.05, 0) is 6.07 Å². The first-order valence-corrected chi connectivity index (χ1v) is 7.59. The first kappa shape index (κ1) is 15.6. The minimum absolute atomic E-state index is 0.222. The average molecular weight is 317 g/mol. The highest BCUT2D eigenvalue weighted by atomic mass is 16.5. The fourth-order valence-corrected chi connectivity index (χ4v) is 2.78. The minimum atomic E-state index is -0.861. The maximum atomic E-state index is 11.0. The second-order valence-corrected chi connectivity index (χ2v) is 5.57. The fraction of sp³-hybridized carbons (Fsp3) is 0.500. The zero-order valence-electron chi connectivity index (χ0n) is 12.7. The number of ether oxygens (including phenoxy) is 2. The number of morpholine rings is 1. The molecule has 0 spiro atoms. The molecule has 2 atom stereocenters. The smallest absolute Gasteiger partial charge is 0.320 e. The van der Waals surface area contributed by atoms with Gasteiger partial charge in [-0.25, -0.2) is 4.98 Å². The molecule has 2 aliphatic heterocycles. The van der Waals surface area contributed by atoms with E-state index in [4.69, 9.17) is 21.0 Å². The largest absolute Gasteiger partial charge is 0.480 e. The van der Waals surface area contributed by atoms with E-state index in [1.807, 2.05) is 6.07 Å². The molecule has 1 aromatic rings. The van der Waals surface area contributed by atoms with Crippen molar-refractivity contribution in [2.45, 2.75) is 18.6 Å². The number of carboxylic acids is 1. The van der Waals surface area contributed by atoms with Crippen LogP contribution in [-0.2, 0) is 9.53 Å². The van der Waals surface area contributed by atoms with Gasteiger partial charge in [-0.2, -0.15) is 0 Å². The van der Waals surface area contributed by atoms with E-state index >= 15 is 0 Å². The van der Waals surface area contributed by atoms with Gasteiger partial charge in [0.15, 0.2) is 0 Å². The van der Waals surface area contributed by atoms with E-state index in [1.54, 1.807) is 6.20 Å². The van der Waals surface area contributed by atoms with Gasteiger partial charge in [0.2, 0.25) is 5.88 Å². The van der Waals surface area contributed by atoms with Gasteiger partial charge >= 0.3 is 5.97 Å². The lowest BCUT2D eigenvalue weighted by Crippen LogP contribution is -2.37. The molecule has 23 heavy (non-hydrogen) atoms. The molecule has 7 nitrogen and oxygen atoms in total. The van der Waals surface area contributed by atoms with E-state index in [1.165, 1.54) is 0 Å². The lowest BCUT2D eigenvalue weighted by molar-refractivity contribution is -0.139. The van der Waals surface area contributed by atoms with Gasteiger partial charge in [0.25, 0.3) is 0 Å². The van der Waals surface area contributed by atoms with Crippen molar-refractivity contribution in [3.63, 3.8) is 0 Å². The summed E-state index contributed by atoms with van der Waals surface area (Å²) in [7, 11) is 0. The lowest BCUT2D eigenvalue weighted by atomic mass is 10.2. The van der Waals surface area contributed by atoms with E-state index in [0.29, 0.717) is 37.6 Å². The van der Waals surface area contributed by atoms with Crippen molar-refractivity contribution in [2.24, 2.45) is 0 Å². The van der Waals surface area contributed by atoms with Crippen LogP contribution in [-0.4, -0.2) is 61.1 Å². The Bertz CT molecular complexity index is 622. The molecular weight excluding hydrogens is 298 g/mol. The zero-order valence-corrected chi connectivity index (χ0v) is 12.7. The second kappa shape index (κ2) is 6.86. The van der Waals surface area contributed by atoms with Gasteiger partial charge in [-0.1, -0.05) is 5.92 Å². The zero-order chi connectivity index (χ0) is 16.2. The Morgan fingerprint density at radius 2 is 2.30 bits per heavy atom. The van der Waals surface area contributed by atoms with Crippen LogP contribution in [0.15, 0.2) is 12.3 Å². The predicted molar refractivity (Wildman–Crippen MR) is 83.7 cm³/mol. The van der Waals surface area contributed by atoms with Crippen molar-refractivity contribution in [1.29, 1.82) is 0 Å². The molecule has 0 unspecified atom stereocenters. The second-order valence-electron chi connectivity index (χ2n) is 5.57. The Balaban J connectivity index is 1.78. The van der Waals surface area contributed by atoms with Gasteiger partial charge in [0, 0.05) is 37.8 Å². The number of nitrogens with one attached hydrogen (secondary N) is 1. The predicted octanol–water partition coefficient (Wildman–Crippen LogP) is 0.0934. The lowest BCUT2D eigenvalue weighted by Gasteiger charge is -2.30. The molecule has 1 aromatic heterocycles. The first-order valence-electron chi connectivity index (χ1n) is 7.59.